The molecule has 2 aromatic carbocycles. The number of halogens is 1. The van der Waals surface area contributed by atoms with Crippen molar-refractivity contribution in [2.24, 2.45) is 0 Å². The Balaban J connectivity index is 2.32. The first kappa shape index (κ1) is 16.3. The first-order valence-electron chi connectivity index (χ1n) is 7.40. The van der Waals surface area contributed by atoms with E-state index in [9.17, 15) is 9.90 Å². The fourth-order valence-corrected chi connectivity index (χ4v) is 3.04. The fourth-order valence-electron chi connectivity index (χ4n) is 2.79. The second kappa shape index (κ2) is 6.13. The van der Waals surface area contributed by atoms with Crippen LogP contribution >= 0.6 is 11.6 Å². The van der Waals surface area contributed by atoms with Crippen LogP contribution in [0.1, 0.15) is 21.5 Å². The zero-order valence-corrected chi connectivity index (χ0v) is 14.3. The van der Waals surface area contributed by atoms with Crippen molar-refractivity contribution >= 4 is 28.5 Å². The Morgan fingerprint density at radius 3 is 2.50 bits per heavy atom. The molecule has 0 saturated carbocycles. The Bertz CT molecular complexity index is 966. The lowest BCUT2D eigenvalue weighted by Gasteiger charge is -2.12. The molecule has 3 rings (SSSR count). The number of rotatable bonds is 3. The minimum atomic E-state index is -1.03. The highest BCUT2D eigenvalue weighted by Crippen LogP contribution is 2.33. The molecular weight excluding hydrogens is 326 g/mol. The number of methoxy groups -OCH3 is 1. The fraction of sp³-hybridized carbons (Fsp3) is 0.158. The van der Waals surface area contributed by atoms with Crippen LogP contribution in [0, 0.1) is 13.8 Å². The number of hydrogen-bond acceptors (Lipinski definition) is 3. The van der Waals surface area contributed by atoms with E-state index in [0.717, 1.165) is 22.4 Å². The van der Waals surface area contributed by atoms with Crippen molar-refractivity contribution in [1.29, 1.82) is 0 Å². The lowest BCUT2D eigenvalue weighted by molar-refractivity contribution is 0.0699. The van der Waals surface area contributed by atoms with Gasteiger partial charge in [-0.15, -0.1) is 0 Å². The number of aryl methyl sites for hydroxylation is 2. The van der Waals surface area contributed by atoms with Crippen LogP contribution in [0.4, 0.5) is 0 Å². The molecule has 0 aliphatic rings. The second-order valence-corrected chi connectivity index (χ2v) is 6.04. The van der Waals surface area contributed by atoms with Crippen molar-refractivity contribution < 1.29 is 14.6 Å². The summed E-state index contributed by atoms with van der Waals surface area (Å²) in [6, 6.07) is 10.7. The Labute approximate surface area is 144 Å². The maximum Gasteiger partial charge on any atom is 0.336 e. The molecule has 0 amide bonds. The van der Waals surface area contributed by atoms with Crippen LogP contribution in [0.2, 0.25) is 5.02 Å². The van der Waals surface area contributed by atoms with Gasteiger partial charge in [0.2, 0.25) is 0 Å². The quantitative estimate of drug-likeness (QED) is 0.737. The van der Waals surface area contributed by atoms with Gasteiger partial charge in [0.25, 0.3) is 0 Å². The maximum atomic E-state index is 11.7. The summed E-state index contributed by atoms with van der Waals surface area (Å²) in [6.07, 6.45) is 0. The predicted octanol–water partition coefficient (Wildman–Crippen LogP) is 4.88. The summed E-state index contributed by atoms with van der Waals surface area (Å²) in [5.41, 5.74) is 4.01. The zero-order valence-electron chi connectivity index (χ0n) is 13.6. The maximum absolute atomic E-state index is 11.7. The highest BCUT2D eigenvalue weighted by molar-refractivity contribution is 6.36. The smallest absolute Gasteiger partial charge is 0.336 e. The SMILES string of the molecule is COc1ccc(-c2cc(C(=O)O)c3c(Cl)ccc(C)c3n2)cc1C. The van der Waals surface area contributed by atoms with Crippen LogP contribution in [0.5, 0.6) is 5.75 Å². The molecule has 1 N–H and O–H groups in total. The van der Waals surface area contributed by atoms with Gasteiger partial charge in [0.05, 0.1) is 28.9 Å². The number of ether oxygens (including phenoxy) is 1. The summed E-state index contributed by atoms with van der Waals surface area (Å²) in [6.45, 7) is 3.82. The number of aromatic carboxylic acids is 1. The van der Waals surface area contributed by atoms with Crippen LogP contribution in [-0.2, 0) is 0 Å². The molecule has 24 heavy (non-hydrogen) atoms. The predicted molar refractivity (Wildman–Crippen MR) is 95.2 cm³/mol. The Morgan fingerprint density at radius 2 is 1.88 bits per heavy atom. The van der Waals surface area contributed by atoms with E-state index in [4.69, 9.17) is 16.3 Å². The summed E-state index contributed by atoms with van der Waals surface area (Å²) in [7, 11) is 1.62. The van der Waals surface area contributed by atoms with E-state index in [1.54, 1.807) is 19.2 Å². The van der Waals surface area contributed by atoms with Gasteiger partial charge in [-0.2, -0.15) is 0 Å². The minimum Gasteiger partial charge on any atom is -0.496 e. The number of benzene rings is 2. The van der Waals surface area contributed by atoms with Crippen LogP contribution in [0.25, 0.3) is 22.2 Å². The molecule has 0 unspecified atom stereocenters. The van der Waals surface area contributed by atoms with Gasteiger partial charge in [-0.3, -0.25) is 0 Å². The van der Waals surface area contributed by atoms with Gasteiger partial charge < -0.3 is 9.84 Å². The first-order chi connectivity index (χ1) is 11.4. The van der Waals surface area contributed by atoms with E-state index in [-0.39, 0.29) is 5.56 Å². The number of hydrogen-bond donors (Lipinski definition) is 1. The van der Waals surface area contributed by atoms with E-state index in [2.05, 4.69) is 4.98 Å². The molecule has 4 nitrogen and oxygen atoms in total. The van der Waals surface area contributed by atoms with Gasteiger partial charge in [-0.25, -0.2) is 9.78 Å². The molecule has 0 spiro atoms. The second-order valence-electron chi connectivity index (χ2n) is 5.63. The van der Waals surface area contributed by atoms with E-state index in [0.29, 0.717) is 21.6 Å². The Kier molecular flexibility index (Phi) is 4.16. The van der Waals surface area contributed by atoms with Gasteiger partial charge >= 0.3 is 5.97 Å². The molecule has 122 valence electrons. The summed E-state index contributed by atoms with van der Waals surface area (Å²) in [5, 5.41) is 10.5. The van der Waals surface area contributed by atoms with Crippen molar-refractivity contribution in [3.63, 3.8) is 0 Å². The van der Waals surface area contributed by atoms with Crippen LogP contribution < -0.4 is 4.74 Å². The molecule has 0 atom stereocenters. The molecule has 0 saturated heterocycles. The van der Waals surface area contributed by atoms with Crippen LogP contribution in [0.3, 0.4) is 0 Å². The summed E-state index contributed by atoms with van der Waals surface area (Å²) < 4.78 is 5.27. The summed E-state index contributed by atoms with van der Waals surface area (Å²) >= 11 is 6.22. The highest BCUT2D eigenvalue weighted by Gasteiger charge is 2.17. The van der Waals surface area contributed by atoms with Crippen molar-refractivity contribution in [2.45, 2.75) is 13.8 Å². The van der Waals surface area contributed by atoms with E-state index < -0.39 is 5.97 Å². The van der Waals surface area contributed by atoms with Gasteiger partial charge in [-0.05, 0) is 55.3 Å². The average Bonchev–Trinajstić information content (AvgIpc) is 2.57. The third-order valence-corrected chi connectivity index (χ3v) is 4.35. The average molecular weight is 342 g/mol. The molecule has 0 aliphatic heterocycles. The van der Waals surface area contributed by atoms with Crippen molar-refractivity contribution in [3.8, 4) is 17.0 Å². The van der Waals surface area contributed by atoms with Gasteiger partial charge in [0.15, 0.2) is 0 Å². The van der Waals surface area contributed by atoms with E-state index in [1.807, 2.05) is 38.1 Å². The third-order valence-electron chi connectivity index (χ3n) is 4.03. The molecule has 0 fully saturated rings. The first-order valence-corrected chi connectivity index (χ1v) is 7.78. The zero-order chi connectivity index (χ0) is 17.4. The Hall–Kier alpha value is -2.59. The standard InChI is InChI=1S/C19H16ClNO3/c1-10-4-6-14(20)17-13(19(22)23)9-15(21-18(10)17)12-5-7-16(24-3)11(2)8-12/h4-9H,1-3H3,(H,22,23). The largest absolute Gasteiger partial charge is 0.496 e. The molecule has 5 heteroatoms. The molecule has 0 bridgehead atoms. The van der Waals surface area contributed by atoms with E-state index in [1.165, 1.54) is 0 Å². The molecule has 1 heterocycles. The minimum absolute atomic E-state index is 0.150. The number of carbonyl (C=O) groups is 1. The van der Waals surface area contributed by atoms with E-state index >= 15 is 0 Å². The van der Waals surface area contributed by atoms with Crippen LogP contribution in [0.15, 0.2) is 36.4 Å². The topological polar surface area (TPSA) is 59.4 Å². The van der Waals surface area contributed by atoms with Crippen LogP contribution in [-0.4, -0.2) is 23.2 Å². The number of carboxylic acids is 1. The number of fused-ring (bicyclic) bond motifs is 1. The number of pyridine rings is 1. The van der Waals surface area contributed by atoms with Gasteiger partial charge in [0, 0.05) is 10.9 Å². The highest BCUT2D eigenvalue weighted by atomic mass is 35.5. The monoisotopic (exact) mass is 341 g/mol. The summed E-state index contributed by atoms with van der Waals surface area (Å²) in [4.78, 5) is 16.4. The molecule has 1 aromatic heterocycles. The number of carboxylic acid groups (broad SMARTS) is 1. The molecule has 0 aliphatic carbocycles. The molecule has 3 aromatic rings. The molecule has 0 radical (unpaired) electrons. The van der Waals surface area contributed by atoms with Crippen molar-refractivity contribution in [3.05, 3.63) is 58.1 Å². The lowest BCUT2D eigenvalue weighted by Crippen LogP contribution is -2.02. The van der Waals surface area contributed by atoms with Gasteiger partial charge in [0.1, 0.15) is 5.75 Å². The van der Waals surface area contributed by atoms with Crippen molar-refractivity contribution in [1.82, 2.24) is 4.98 Å². The van der Waals surface area contributed by atoms with Crippen molar-refractivity contribution in [2.75, 3.05) is 7.11 Å². The number of aromatic nitrogens is 1. The molecular formula is C19H16ClNO3. The number of nitrogens with zero attached hydrogens (tertiary/aromatic N) is 1. The lowest BCUT2D eigenvalue weighted by atomic mass is 10.0. The Morgan fingerprint density at radius 1 is 1.12 bits per heavy atom. The third kappa shape index (κ3) is 2.69. The van der Waals surface area contributed by atoms with Gasteiger partial charge in [-0.1, -0.05) is 17.7 Å². The normalized spacial score (nSPS) is 10.8. The summed E-state index contributed by atoms with van der Waals surface area (Å²) in [5.74, 6) is -0.251.